The Balaban J connectivity index is 2.36. The number of nitrogens with two attached hydrogens (primary N) is 1. The number of H-pyrrole nitrogens is 1. The minimum absolute atomic E-state index is 0.120. The highest BCUT2D eigenvalue weighted by Gasteiger charge is 2.22. The van der Waals surface area contributed by atoms with Crippen LogP contribution in [0.2, 0.25) is 0 Å². The Morgan fingerprint density at radius 3 is 2.91 bits per heavy atom. The maximum Gasteiger partial charge on any atom is 0.357 e. The molecule has 3 rings (SSSR count). The molecule has 0 radical (unpaired) electrons. The van der Waals surface area contributed by atoms with Crippen LogP contribution in [-0.4, -0.2) is 22.6 Å². The number of carbonyl (C=O) groups excluding carboxylic acids is 1. The molecule has 0 atom stereocenters. The second kappa shape index (κ2) is 4.97. The summed E-state index contributed by atoms with van der Waals surface area (Å²) >= 11 is 0. The van der Waals surface area contributed by atoms with Crippen LogP contribution in [0.25, 0.3) is 16.6 Å². The smallest absolute Gasteiger partial charge is 0.357 e. The average Bonchev–Trinajstić information content (AvgIpc) is 3.07. The first-order valence-corrected chi connectivity index (χ1v) is 6.64. The molecule has 3 N–H and O–H groups in total. The van der Waals surface area contributed by atoms with Gasteiger partial charge in [0, 0.05) is 17.8 Å². The van der Waals surface area contributed by atoms with Gasteiger partial charge in [0.25, 0.3) is 0 Å². The number of anilines is 1. The molecule has 0 bridgehead atoms. The Kier molecular flexibility index (Phi) is 3.11. The normalized spacial score (nSPS) is 10.6. The van der Waals surface area contributed by atoms with Gasteiger partial charge in [0.1, 0.15) is 6.07 Å². The molecule has 0 saturated heterocycles. The number of rotatable bonds is 2. The number of aryl methyl sites for hydroxylation is 1. The van der Waals surface area contributed by atoms with Crippen molar-refractivity contribution in [2.75, 3.05) is 12.8 Å². The number of hydrogen-bond donors (Lipinski definition) is 2. The van der Waals surface area contributed by atoms with Crippen molar-refractivity contribution < 1.29 is 9.53 Å². The fraction of sp³-hybridized carbons (Fsp3) is 0.125. The molecule has 6 nitrogen and oxygen atoms in total. The van der Waals surface area contributed by atoms with E-state index in [1.807, 2.05) is 37.4 Å². The van der Waals surface area contributed by atoms with Gasteiger partial charge in [0.2, 0.25) is 0 Å². The van der Waals surface area contributed by atoms with E-state index in [9.17, 15) is 10.1 Å². The zero-order valence-corrected chi connectivity index (χ0v) is 12.2. The number of aromatic amines is 1. The molecule has 0 aliphatic rings. The Hall–Kier alpha value is -3.20. The summed E-state index contributed by atoms with van der Waals surface area (Å²) in [7, 11) is 1.28. The van der Waals surface area contributed by atoms with Gasteiger partial charge in [-0.2, -0.15) is 5.26 Å². The summed E-state index contributed by atoms with van der Waals surface area (Å²) in [6.07, 6.45) is 3.44. The average molecular weight is 294 g/mol. The summed E-state index contributed by atoms with van der Waals surface area (Å²) in [4.78, 5) is 15.2. The Morgan fingerprint density at radius 2 is 2.23 bits per heavy atom. The van der Waals surface area contributed by atoms with Crippen LogP contribution >= 0.6 is 0 Å². The summed E-state index contributed by atoms with van der Waals surface area (Å²) in [5.41, 5.74) is 9.13. The summed E-state index contributed by atoms with van der Waals surface area (Å²) in [6, 6.07) is 7.72. The third-order valence-corrected chi connectivity index (χ3v) is 3.70. The van der Waals surface area contributed by atoms with E-state index in [4.69, 9.17) is 10.5 Å². The number of benzene rings is 1. The lowest BCUT2D eigenvalue weighted by Crippen LogP contribution is -2.11. The summed E-state index contributed by atoms with van der Waals surface area (Å²) in [5.74, 6) is -0.584. The lowest BCUT2D eigenvalue weighted by molar-refractivity contribution is 0.0593. The van der Waals surface area contributed by atoms with E-state index in [0.29, 0.717) is 0 Å². The van der Waals surface area contributed by atoms with E-state index in [1.54, 1.807) is 10.8 Å². The predicted octanol–water partition coefficient (Wildman–Crippen LogP) is 2.51. The zero-order valence-electron chi connectivity index (χ0n) is 12.2. The Bertz CT molecular complexity index is 928. The Labute approximate surface area is 126 Å². The van der Waals surface area contributed by atoms with Crippen LogP contribution in [0, 0.1) is 18.3 Å². The van der Waals surface area contributed by atoms with Crippen LogP contribution in [0.5, 0.6) is 0 Å². The number of methoxy groups -OCH3 is 1. The third-order valence-electron chi connectivity index (χ3n) is 3.70. The molecule has 2 heterocycles. The highest BCUT2D eigenvalue weighted by molar-refractivity contribution is 5.98. The molecule has 0 amide bonds. The topological polar surface area (TPSA) is 96.8 Å². The van der Waals surface area contributed by atoms with Gasteiger partial charge in [0.15, 0.2) is 5.69 Å². The summed E-state index contributed by atoms with van der Waals surface area (Å²) in [5, 5.41) is 10.2. The number of nitrogens with one attached hydrogen (secondary N) is 1. The van der Waals surface area contributed by atoms with Gasteiger partial charge in [-0.15, -0.1) is 0 Å². The first-order valence-electron chi connectivity index (χ1n) is 6.64. The number of para-hydroxylation sites is 1. The highest BCUT2D eigenvalue weighted by Crippen LogP contribution is 2.29. The maximum absolute atomic E-state index is 12.1. The number of nitrogens with zero attached hydrogens (tertiary/aromatic N) is 2. The van der Waals surface area contributed by atoms with Crippen molar-refractivity contribution in [3.8, 4) is 11.8 Å². The molecule has 0 unspecified atom stereocenters. The molecule has 110 valence electrons. The minimum atomic E-state index is -0.584. The molecule has 22 heavy (non-hydrogen) atoms. The quantitative estimate of drug-likeness (QED) is 0.710. The van der Waals surface area contributed by atoms with Gasteiger partial charge in [0.05, 0.1) is 29.6 Å². The van der Waals surface area contributed by atoms with Crippen LogP contribution in [0.15, 0.2) is 30.6 Å². The van der Waals surface area contributed by atoms with E-state index in [-0.39, 0.29) is 16.9 Å². The van der Waals surface area contributed by atoms with Crippen LogP contribution in [0.4, 0.5) is 5.69 Å². The molecule has 1 aromatic carbocycles. The number of ether oxygens (including phenoxy) is 1. The number of aromatic nitrogens is 2. The molecular formula is C16H14N4O2. The molecule has 3 aromatic rings. The minimum Gasteiger partial charge on any atom is -0.464 e. The fourth-order valence-corrected chi connectivity index (χ4v) is 2.58. The molecule has 2 aromatic heterocycles. The van der Waals surface area contributed by atoms with Crippen molar-refractivity contribution in [2.45, 2.75) is 6.92 Å². The van der Waals surface area contributed by atoms with E-state index >= 15 is 0 Å². The molecule has 0 saturated carbocycles. The van der Waals surface area contributed by atoms with Crippen molar-refractivity contribution in [1.82, 2.24) is 9.55 Å². The first-order chi connectivity index (χ1) is 10.6. The molecule has 6 heteroatoms. The van der Waals surface area contributed by atoms with Gasteiger partial charge in [-0.05, 0) is 18.6 Å². The number of hydrogen-bond acceptors (Lipinski definition) is 4. The van der Waals surface area contributed by atoms with Crippen LogP contribution in [-0.2, 0) is 4.74 Å². The summed E-state index contributed by atoms with van der Waals surface area (Å²) < 4.78 is 6.39. The van der Waals surface area contributed by atoms with E-state index in [2.05, 4.69) is 4.98 Å². The zero-order chi connectivity index (χ0) is 15.9. The van der Waals surface area contributed by atoms with Crippen molar-refractivity contribution in [3.05, 3.63) is 47.4 Å². The lowest BCUT2D eigenvalue weighted by atomic mass is 10.1. The largest absolute Gasteiger partial charge is 0.464 e. The van der Waals surface area contributed by atoms with Gasteiger partial charge < -0.3 is 20.0 Å². The second-order valence-corrected chi connectivity index (χ2v) is 4.95. The van der Waals surface area contributed by atoms with Crippen LogP contribution in [0.3, 0.4) is 0 Å². The SMILES string of the molecule is COC(=O)c1c(N)c(C#N)cn1-c1cccc2c(C)c[nH]c12. The number of fused-ring (bicyclic) bond motifs is 1. The van der Waals surface area contributed by atoms with Crippen LogP contribution < -0.4 is 5.73 Å². The number of nitrogen functional groups attached to an aromatic ring is 1. The number of nitriles is 1. The standard InChI is InChI=1S/C16H14N4O2/c1-9-7-19-14-11(9)4-3-5-12(14)20-8-10(6-17)13(18)15(20)16(21)22-2/h3-5,7-8,19H,18H2,1-2H3. The predicted molar refractivity (Wildman–Crippen MR) is 82.8 cm³/mol. The third kappa shape index (κ3) is 1.84. The molecular weight excluding hydrogens is 280 g/mol. The molecule has 0 aliphatic carbocycles. The van der Waals surface area contributed by atoms with Crippen molar-refractivity contribution in [2.24, 2.45) is 0 Å². The molecule has 0 aliphatic heterocycles. The highest BCUT2D eigenvalue weighted by atomic mass is 16.5. The number of carbonyl (C=O) groups is 1. The lowest BCUT2D eigenvalue weighted by Gasteiger charge is -2.09. The Morgan fingerprint density at radius 1 is 1.45 bits per heavy atom. The van der Waals surface area contributed by atoms with Gasteiger partial charge in [-0.3, -0.25) is 0 Å². The first kappa shape index (κ1) is 13.8. The second-order valence-electron chi connectivity index (χ2n) is 4.95. The fourth-order valence-electron chi connectivity index (χ4n) is 2.58. The monoisotopic (exact) mass is 294 g/mol. The number of esters is 1. The van der Waals surface area contributed by atoms with Crippen molar-refractivity contribution in [3.63, 3.8) is 0 Å². The van der Waals surface area contributed by atoms with E-state index in [1.165, 1.54) is 7.11 Å². The van der Waals surface area contributed by atoms with E-state index < -0.39 is 5.97 Å². The summed E-state index contributed by atoms with van der Waals surface area (Å²) in [6.45, 7) is 1.99. The van der Waals surface area contributed by atoms with Gasteiger partial charge in [-0.25, -0.2) is 4.79 Å². The maximum atomic E-state index is 12.1. The van der Waals surface area contributed by atoms with Crippen molar-refractivity contribution >= 4 is 22.6 Å². The molecule has 0 fully saturated rings. The molecule has 0 spiro atoms. The van der Waals surface area contributed by atoms with Crippen LogP contribution in [0.1, 0.15) is 21.6 Å². The van der Waals surface area contributed by atoms with Gasteiger partial charge in [-0.1, -0.05) is 12.1 Å². The van der Waals surface area contributed by atoms with E-state index in [0.717, 1.165) is 22.2 Å². The van der Waals surface area contributed by atoms with Crippen molar-refractivity contribution in [1.29, 1.82) is 5.26 Å². The van der Waals surface area contributed by atoms with Gasteiger partial charge >= 0.3 is 5.97 Å².